The molecule has 26 heavy (non-hydrogen) atoms. The summed E-state index contributed by atoms with van der Waals surface area (Å²) in [6.07, 6.45) is 3.17. The molecule has 1 aliphatic heterocycles. The number of aliphatic hydroxyl groups excluding tert-OH is 1. The third-order valence-corrected chi connectivity index (χ3v) is 4.71. The van der Waals surface area contributed by atoms with Crippen molar-refractivity contribution in [2.75, 3.05) is 26.2 Å². The third-order valence-electron chi connectivity index (χ3n) is 4.71. The van der Waals surface area contributed by atoms with Gasteiger partial charge in [0.2, 0.25) is 5.91 Å². The van der Waals surface area contributed by atoms with E-state index in [2.05, 4.69) is 9.88 Å². The second-order valence-electron chi connectivity index (χ2n) is 6.70. The number of pyridine rings is 1. The van der Waals surface area contributed by atoms with Gasteiger partial charge in [-0.2, -0.15) is 0 Å². The van der Waals surface area contributed by atoms with Gasteiger partial charge in [-0.1, -0.05) is 6.07 Å². The quantitative estimate of drug-likeness (QED) is 0.700. The maximum Gasteiger partial charge on any atom is 0.248 e. The summed E-state index contributed by atoms with van der Waals surface area (Å²) in [6.45, 7) is 3.05. The Labute approximate surface area is 153 Å². The molecule has 138 valence electrons. The van der Waals surface area contributed by atoms with Crippen LogP contribution in [0.3, 0.4) is 0 Å². The van der Waals surface area contributed by atoms with Crippen molar-refractivity contribution in [1.29, 1.82) is 0 Å². The summed E-state index contributed by atoms with van der Waals surface area (Å²) in [6, 6.07) is 12.7. The second-order valence-corrected chi connectivity index (χ2v) is 6.70. The molecule has 1 aliphatic rings. The summed E-state index contributed by atoms with van der Waals surface area (Å²) in [5, 5.41) is 10.3. The zero-order chi connectivity index (χ0) is 18.4. The van der Waals surface area contributed by atoms with E-state index in [1.54, 1.807) is 30.5 Å². The van der Waals surface area contributed by atoms with Gasteiger partial charge in [0.1, 0.15) is 5.75 Å². The highest BCUT2D eigenvalue weighted by Crippen LogP contribution is 2.21. The Kier molecular flexibility index (Phi) is 6.20. The number of nitrogens with two attached hydrogens (primary N) is 1. The first-order valence-corrected chi connectivity index (χ1v) is 8.95. The summed E-state index contributed by atoms with van der Waals surface area (Å²) < 4.78 is 5.70. The van der Waals surface area contributed by atoms with Gasteiger partial charge in [0.05, 0.1) is 12.7 Å². The monoisotopic (exact) mass is 355 g/mol. The van der Waals surface area contributed by atoms with Crippen molar-refractivity contribution in [1.82, 2.24) is 9.88 Å². The molecule has 1 amide bonds. The van der Waals surface area contributed by atoms with Gasteiger partial charge in [-0.05, 0) is 49.2 Å². The Hall–Kier alpha value is -2.44. The number of aliphatic hydroxyl groups is 1. The summed E-state index contributed by atoms with van der Waals surface area (Å²) >= 11 is 0. The lowest BCUT2D eigenvalue weighted by Gasteiger charge is -2.15. The van der Waals surface area contributed by atoms with Crippen LogP contribution in [0.2, 0.25) is 0 Å². The minimum absolute atomic E-state index is 0.229. The van der Waals surface area contributed by atoms with E-state index >= 15 is 0 Å². The molecule has 0 saturated carbocycles. The van der Waals surface area contributed by atoms with Gasteiger partial charge in [0.15, 0.2) is 0 Å². The van der Waals surface area contributed by atoms with Crippen LogP contribution in [0.15, 0.2) is 48.7 Å². The summed E-state index contributed by atoms with van der Waals surface area (Å²) in [5.41, 5.74) is 6.72. The smallest absolute Gasteiger partial charge is 0.248 e. The number of benzene rings is 1. The number of hydrogen-bond donors (Lipinski definition) is 2. The molecule has 1 aromatic heterocycles. The largest absolute Gasteiger partial charge is 0.494 e. The van der Waals surface area contributed by atoms with Crippen molar-refractivity contribution in [3.8, 4) is 5.75 Å². The molecule has 6 heteroatoms. The van der Waals surface area contributed by atoms with Gasteiger partial charge < -0.3 is 20.5 Å². The SMILES string of the molecule is NC(=O)c1ccc(OCCCN2C[C@@H](Cc3ccccn3)[C@H](O)C2)cc1. The number of amides is 1. The highest BCUT2D eigenvalue weighted by molar-refractivity contribution is 5.92. The van der Waals surface area contributed by atoms with E-state index in [1.165, 1.54) is 0 Å². The summed E-state index contributed by atoms with van der Waals surface area (Å²) in [5.74, 6) is 0.515. The van der Waals surface area contributed by atoms with Gasteiger partial charge in [-0.25, -0.2) is 0 Å². The fraction of sp³-hybridized carbons (Fsp3) is 0.400. The fourth-order valence-electron chi connectivity index (χ4n) is 3.31. The van der Waals surface area contributed by atoms with Gasteiger partial charge in [0.25, 0.3) is 0 Å². The maximum absolute atomic E-state index is 11.0. The highest BCUT2D eigenvalue weighted by atomic mass is 16.5. The predicted octanol–water partition coefficient (Wildman–Crippen LogP) is 1.48. The van der Waals surface area contributed by atoms with Crippen LogP contribution >= 0.6 is 0 Å². The minimum atomic E-state index is -0.440. The number of carbonyl (C=O) groups is 1. The molecular weight excluding hydrogens is 330 g/mol. The Morgan fingerprint density at radius 3 is 2.73 bits per heavy atom. The van der Waals surface area contributed by atoms with E-state index in [1.807, 2.05) is 18.2 Å². The zero-order valence-corrected chi connectivity index (χ0v) is 14.8. The fourth-order valence-corrected chi connectivity index (χ4v) is 3.31. The number of rotatable bonds is 8. The van der Waals surface area contributed by atoms with Crippen molar-refractivity contribution < 1.29 is 14.6 Å². The molecule has 1 saturated heterocycles. The zero-order valence-electron chi connectivity index (χ0n) is 14.8. The van der Waals surface area contributed by atoms with Crippen LogP contribution in [0.4, 0.5) is 0 Å². The van der Waals surface area contributed by atoms with Crippen LogP contribution in [0.1, 0.15) is 22.5 Å². The molecule has 0 spiro atoms. The van der Waals surface area contributed by atoms with Gasteiger partial charge in [-0.3, -0.25) is 9.78 Å². The Bertz CT molecular complexity index is 706. The maximum atomic E-state index is 11.0. The molecule has 0 unspecified atom stereocenters. The Morgan fingerprint density at radius 1 is 1.23 bits per heavy atom. The molecule has 2 heterocycles. The number of likely N-dealkylation sites (tertiary alicyclic amines) is 1. The van der Waals surface area contributed by atoms with Crippen molar-refractivity contribution >= 4 is 5.91 Å². The summed E-state index contributed by atoms with van der Waals surface area (Å²) in [7, 11) is 0. The van der Waals surface area contributed by atoms with Crippen molar-refractivity contribution in [3.05, 3.63) is 59.9 Å². The average Bonchev–Trinajstić information content (AvgIpc) is 2.99. The molecule has 1 aromatic carbocycles. The van der Waals surface area contributed by atoms with Gasteiger partial charge in [-0.15, -0.1) is 0 Å². The van der Waals surface area contributed by atoms with Gasteiger partial charge in [0, 0.05) is 43.0 Å². The number of nitrogens with zero attached hydrogens (tertiary/aromatic N) is 2. The molecule has 3 N–H and O–H groups in total. The molecule has 1 fully saturated rings. The van der Waals surface area contributed by atoms with E-state index in [0.29, 0.717) is 18.7 Å². The second kappa shape index (κ2) is 8.78. The predicted molar refractivity (Wildman–Crippen MR) is 98.9 cm³/mol. The normalized spacial score (nSPS) is 20.2. The number of β-amino-alcohol motifs (C(OH)–C–C–N with tert-alkyl or cyclic N) is 1. The number of aromatic nitrogens is 1. The van der Waals surface area contributed by atoms with Crippen LogP contribution in [-0.2, 0) is 6.42 Å². The van der Waals surface area contributed by atoms with E-state index in [9.17, 15) is 9.90 Å². The molecule has 6 nitrogen and oxygen atoms in total. The van der Waals surface area contributed by atoms with Crippen molar-refractivity contribution in [2.45, 2.75) is 18.9 Å². The molecule has 2 atom stereocenters. The average molecular weight is 355 g/mol. The Balaban J connectivity index is 1.38. The molecule has 0 radical (unpaired) electrons. The molecule has 0 bridgehead atoms. The lowest BCUT2D eigenvalue weighted by atomic mass is 10.00. The highest BCUT2D eigenvalue weighted by Gasteiger charge is 2.31. The van der Waals surface area contributed by atoms with Crippen LogP contribution in [0.5, 0.6) is 5.75 Å². The minimum Gasteiger partial charge on any atom is -0.494 e. The number of carbonyl (C=O) groups excluding carboxylic acids is 1. The molecular formula is C20H25N3O3. The first-order valence-electron chi connectivity index (χ1n) is 8.95. The van der Waals surface area contributed by atoms with E-state index < -0.39 is 5.91 Å². The van der Waals surface area contributed by atoms with E-state index in [4.69, 9.17) is 10.5 Å². The first-order chi connectivity index (χ1) is 12.6. The Morgan fingerprint density at radius 2 is 2.04 bits per heavy atom. The first kappa shape index (κ1) is 18.4. The van der Waals surface area contributed by atoms with Crippen molar-refractivity contribution in [3.63, 3.8) is 0 Å². The molecule has 2 aromatic rings. The van der Waals surface area contributed by atoms with Crippen molar-refractivity contribution in [2.24, 2.45) is 11.7 Å². The van der Waals surface area contributed by atoms with Gasteiger partial charge >= 0.3 is 0 Å². The molecule has 0 aliphatic carbocycles. The standard InChI is InChI=1S/C20H25N3O3/c21-20(25)15-5-7-18(8-6-15)26-11-3-10-23-13-16(19(24)14-23)12-17-4-1-2-9-22-17/h1-2,4-9,16,19,24H,3,10-14H2,(H2,21,25)/t16-,19-/m1/s1. The lowest BCUT2D eigenvalue weighted by molar-refractivity contribution is 0.1000. The topological polar surface area (TPSA) is 88.7 Å². The number of hydrogen-bond acceptors (Lipinski definition) is 5. The number of ether oxygens (including phenoxy) is 1. The van der Waals surface area contributed by atoms with E-state index in [-0.39, 0.29) is 12.0 Å². The number of primary amides is 1. The van der Waals surface area contributed by atoms with Crippen LogP contribution < -0.4 is 10.5 Å². The third kappa shape index (κ3) is 5.03. The van der Waals surface area contributed by atoms with Crippen LogP contribution in [-0.4, -0.2) is 53.2 Å². The van der Waals surface area contributed by atoms with Crippen LogP contribution in [0, 0.1) is 5.92 Å². The van der Waals surface area contributed by atoms with E-state index in [0.717, 1.165) is 37.4 Å². The lowest BCUT2D eigenvalue weighted by Crippen LogP contribution is -2.24. The summed E-state index contributed by atoms with van der Waals surface area (Å²) in [4.78, 5) is 17.7. The van der Waals surface area contributed by atoms with Crippen LogP contribution in [0.25, 0.3) is 0 Å². The molecule has 3 rings (SSSR count).